The molecule has 2 rings (SSSR count). The Kier molecular flexibility index (Phi) is 3.85. The average Bonchev–Trinajstić information content (AvgIpc) is 2.45. The van der Waals surface area contributed by atoms with Crippen molar-refractivity contribution in [1.29, 1.82) is 0 Å². The van der Waals surface area contributed by atoms with Crippen LogP contribution in [0.3, 0.4) is 0 Å². The van der Waals surface area contributed by atoms with Gasteiger partial charge in [-0.1, -0.05) is 6.58 Å². The number of benzene rings is 1. The first-order chi connectivity index (χ1) is 9.58. The zero-order valence-electron chi connectivity index (χ0n) is 10.5. The SMILES string of the molecule is C=C(NNC(=O)c1cccnc1)c1ccc(O)cc1O. The van der Waals surface area contributed by atoms with Crippen molar-refractivity contribution in [3.8, 4) is 11.5 Å². The highest BCUT2D eigenvalue weighted by Gasteiger charge is 2.08. The van der Waals surface area contributed by atoms with Gasteiger partial charge in [0, 0.05) is 24.0 Å². The van der Waals surface area contributed by atoms with Crippen LogP contribution in [-0.2, 0) is 0 Å². The van der Waals surface area contributed by atoms with Crippen molar-refractivity contribution in [1.82, 2.24) is 15.8 Å². The second-order valence-electron chi connectivity index (χ2n) is 4.00. The van der Waals surface area contributed by atoms with Crippen LogP contribution >= 0.6 is 0 Å². The molecule has 102 valence electrons. The normalized spacial score (nSPS) is 9.80. The second kappa shape index (κ2) is 5.75. The van der Waals surface area contributed by atoms with Gasteiger partial charge in [-0.2, -0.15) is 0 Å². The van der Waals surface area contributed by atoms with Crippen molar-refractivity contribution in [3.63, 3.8) is 0 Å². The molecule has 0 unspecified atom stereocenters. The Labute approximate surface area is 115 Å². The van der Waals surface area contributed by atoms with Gasteiger partial charge in [-0.05, 0) is 24.3 Å². The molecule has 1 heterocycles. The summed E-state index contributed by atoms with van der Waals surface area (Å²) in [5, 5.41) is 18.9. The Morgan fingerprint density at radius 2 is 2.00 bits per heavy atom. The molecule has 6 heteroatoms. The number of hydrogen-bond acceptors (Lipinski definition) is 5. The minimum atomic E-state index is -0.377. The fourth-order valence-electron chi connectivity index (χ4n) is 1.54. The van der Waals surface area contributed by atoms with Crippen LogP contribution < -0.4 is 10.9 Å². The molecule has 0 radical (unpaired) electrons. The number of nitrogens with one attached hydrogen (secondary N) is 2. The fraction of sp³-hybridized carbons (Fsp3) is 0. The van der Waals surface area contributed by atoms with E-state index < -0.39 is 0 Å². The molecule has 4 N–H and O–H groups in total. The van der Waals surface area contributed by atoms with Crippen molar-refractivity contribution < 1.29 is 15.0 Å². The van der Waals surface area contributed by atoms with Crippen molar-refractivity contribution in [2.45, 2.75) is 0 Å². The Hall–Kier alpha value is -3.02. The van der Waals surface area contributed by atoms with Crippen LogP contribution in [0.25, 0.3) is 5.70 Å². The molecular formula is C14H13N3O3. The molecule has 0 atom stereocenters. The van der Waals surface area contributed by atoms with Crippen LogP contribution in [0.5, 0.6) is 11.5 Å². The summed E-state index contributed by atoms with van der Waals surface area (Å²) >= 11 is 0. The maximum atomic E-state index is 11.8. The molecule has 1 aromatic heterocycles. The molecule has 2 aromatic rings. The van der Waals surface area contributed by atoms with Crippen LogP contribution in [0.4, 0.5) is 0 Å². The third kappa shape index (κ3) is 3.05. The first kappa shape index (κ1) is 13.4. The lowest BCUT2D eigenvalue weighted by Gasteiger charge is -2.12. The molecular weight excluding hydrogens is 258 g/mol. The summed E-state index contributed by atoms with van der Waals surface area (Å²) in [7, 11) is 0. The quantitative estimate of drug-likeness (QED) is 0.631. The van der Waals surface area contributed by atoms with Crippen LogP contribution in [0.15, 0.2) is 49.3 Å². The Morgan fingerprint density at radius 3 is 2.65 bits per heavy atom. The van der Waals surface area contributed by atoms with E-state index in [1.165, 1.54) is 24.4 Å². The standard InChI is InChI=1S/C14H13N3O3/c1-9(12-5-4-11(18)7-13(12)19)16-17-14(20)10-3-2-6-15-8-10/h2-8,16,18-19H,1H2,(H,17,20). The lowest BCUT2D eigenvalue weighted by molar-refractivity contribution is 0.0942. The molecule has 0 saturated heterocycles. The van der Waals surface area contributed by atoms with Crippen molar-refractivity contribution >= 4 is 11.6 Å². The number of hydrogen-bond donors (Lipinski definition) is 4. The summed E-state index contributed by atoms with van der Waals surface area (Å²) in [6, 6.07) is 7.34. The van der Waals surface area contributed by atoms with Gasteiger partial charge in [0.15, 0.2) is 0 Å². The van der Waals surface area contributed by atoms with Crippen molar-refractivity contribution in [3.05, 3.63) is 60.4 Å². The molecule has 1 amide bonds. The van der Waals surface area contributed by atoms with E-state index in [1.807, 2.05) is 0 Å². The molecule has 0 saturated carbocycles. The van der Waals surface area contributed by atoms with Gasteiger partial charge in [0.2, 0.25) is 0 Å². The summed E-state index contributed by atoms with van der Waals surface area (Å²) in [5.41, 5.74) is 6.08. The monoisotopic (exact) mass is 271 g/mol. The number of carbonyl (C=O) groups is 1. The van der Waals surface area contributed by atoms with Gasteiger partial charge in [0.05, 0.1) is 11.3 Å². The number of aromatic nitrogens is 1. The molecule has 20 heavy (non-hydrogen) atoms. The zero-order chi connectivity index (χ0) is 14.5. The number of phenolic OH excluding ortho intramolecular Hbond substituents is 2. The molecule has 6 nitrogen and oxygen atoms in total. The Balaban J connectivity index is 2.00. The third-order valence-electron chi connectivity index (χ3n) is 2.56. The van der Waals surface area contributed by atoms with E-state index in [0.29, 0.717) is 16.8 Å². The second-order valence-corrected chi connectivity index (χ2v) is 4.00. The van der Waals surface area contributed by atoms with Crippen LogP contribution in [0.1, 0.15) is 15.9 Å². The number of carbonyl (C=O) groups excluding carboxylic acids is 1. The molecule has 0 spiro atoms. The van der Waals surface area contributed by atoms with Crippen molar-refractivity contribution in [2.75, 3.05) is 0 Å². The Bertz CT molecular complexity index is 641. The minimum Gasteiger partial charge on any atom is -0.508 e. The minimum absolute atomic E-state index is 0.0570. The maximum absolute atomic E-state index is 11.8. The molecule has 0 aliphatic heterocycles. The molecule has 1 aromatic carbocycles. The Morgan fingerprint density at radius 1 is 1.20 bits per heavy atom. The summed E-state index contributed by atoms with van der Waals surface area (Å²) in [6.45, 7) is 3.70. The van der Waals surface area contributed by atoms with E-state index in [0.717, 1.165) is 0 Å². The number of nitrogens with zero attached hydrogens (tertiary/aromatic N) is 1. The largest absolute Gasteiger partial charge is 0.508 e. The number of pyridine rings is 1. The molecule has 0 bridgehead atoms. The highest BCUT2D eigenvalue weighted by molar-refractivity contribution is 5.94. The van der Waals surface area contributed by atoms with Gasteiger partial charge in [0.1, 0.15) is 11.5 Å². The fourth-order valence-corrected chi connectivity index (χ4v) is 1.54. The molecule has 0 aliphatic carbocycles. The maximum Gasteiger partial charge on any atom is 0.271 e. The van der Waals surface area contributed by atoms with Gasteiger partial charge < -0.3 is 10.2 Å². The number of aromatic hydroxyl groups is 2. The zero-order valence-corrected chi connectivity index (χ0v) is 10.5. The summed E-state index contributed by atoms with van der Waals surface area (Å²) in [5.74, 6) is -0.575. The smallest absolute Gasteiger partial charge is 0.271 e. The lowest BCUT2D eigenvalue weighted by atomic mass is 10.1. The van der Waals surface area contributed by atoms with Gasteiger partial charge in [-0.15, -0.1) is 0 Å². The highest BCUT2D eigenvalue weighted by Crippen LogP contribution is 2.26. The van der Waals surface area contributed by atoms with E-state index in [9.17, 15) is 15.0 Å². The van der Waals surface area contributed by atoms with E-state index in [2.05, 4.69) is 22.4 Å². The van der Waals surface area contributed by atoms with Gasteiger partial charge in [-0.3, -0.25) is 20.6 Å². The first-order valence-corrected chi connectivity index (χ1v) is 5.75. The number of rotatable bonds is 4. The lowest BCUT2D eigenvalue weighted by Crippen LogP contribution is -2.35. The van der Waals surface area contributed by atoms with Gasteiger partial charge in [0.25, 0.3) is 5.91 Å². The predicted octanol–water partition coefficient (Wildman–Crippen LogP) is 1.40. The van der Waals surface area contributed by atoms with Crippen LogP contribution in [-0.4, -0.2) is 21.1 Å². The van der Waals surface area contributed by atoms with Gasteiger partial charge >= 0.3 is 0 Å². The van der Waals surface area contributed by atoms with E-state index in [4.69, 9.17) is 0 Å². The van der Waals surface area contributed by atoms with Crippen molar-refractivity contribution in [2.24, 2.45) is 0 Å². The summed E-state index contributed by atoms with van der Waals surface area (Å²) in [4.78, 5) is 15.6. The number of amides is 1. The van der Waals surface area contributed by atoms with Gasteiger partial charge in [-0.25, -0.2) is 0 Å². The van der Waals surface area contributed by atoms with E-state index in [1.54, 1.807) is 18.3 Å². The van der Waals surface area contributed by atoms with Crippen LogP contribution in [0.2, 0.25) is 0 Å². The summed E-state index contributed by atoms with van der Waals surface area (Å²) < 4.78 is 0. The predicted molar refractivity (Wildman–Crippen MR) is 73.6 cm³/mol. The average molecular weight is 271 g/mol. The number of hydrazine groups is 1. The van der Waals surface area contributed by atoms with E-state index in [-0.39, 0.29) is 17.4 Å². The molecule has 0 aliphatic rings. The summed E-state index contributed by atoms with van der Waals surface area (Å²) in [6.07, 6.45) is 3.00. The number of phenols is 2. The molecule has 0 fully saturated rings. The highest BCUT2D eigenvalue weighted by atomic mass is 16.3. The van der Waals surface area contributed by atoms with Crippen LogP contribution in [0, 0.1) is 0 Å². The first-order valence-electron chi connectivity index (χ1n) is 5.75. The third-order valence-corrected chi connectivity index (χ3v) is 2.56. The van der Waals surface area contributed by atoms with E-state index >= 15 is 0 Å². The topological polar surface area (TPSA) is 94.5 Å².